The molecule has 0 amide bonds. The molecule has 0 aliphatic heterocycles. The molecule has 0 fully saturated rings. The van der Waals surface area contributed by atoms with Crippen molar-refractivity contribution in [1.82, 2.24) is 4.98 Å². The monoisotopic (exact) mass is 321 g/mol. The molecule has 0 atom stereocenters. The molecule has 1 N–H and O–H groups in total. The number of ketones is 1. The van der Waals surface area contributed by atoms with Gasteiger partial charge in [-0.15, -0.1) is 0 Å². The van der Waals surface area contributed by atoms with E-state index < -0.39 is 5.82 Å². The Morgan fingerprint density at radius 3 is 2.67 bits per heavy atom. The molecule has 3 aromatic rings. The number of aromatic amines is 1. The molecule has 0 radical (unpaired) electrons. The van der Waals surface area contributed by atoms with Crippen molar-refractivity contribution < 1.29 is 9.18 Å². The number of benzene rings is 2. The number of hydrogen-bond acceptors (Lipinski definition) is 1. The lowest BCUT2D eigenvalue weighted by atomic mass is 9.98. The molecule has 0 saturated heterocycles. The van der Waals surface area contributed by atoms with Crippen LogP contribution in [-0.2, 0) is 0 Å². The van der Waals surface area contributed by atoms with E-state index in [9.17, 15) is 9.18 Å². The number of halogens is 3. The molecule has 0 aliphatic carbocycles. The van der Waals surface area contributed by atoms with E-state index in [0.29, 0.717) is 37.6 Å². The van der Waals surface area contributed by atoms with Crippen molar-refractivity contribution in [2.24, 2.45) is 0 Å². The van der Waals surface area contributed by atoms with Gasteiger partial charge in [0.05, 0.1) is 5.02 Å². The van der Waals surface area contributed by atoms with Gasteiger partial charge >= 0.3 is 0 Å². The van der Waals surface area contributed by atoms with E-state index in [1.807, 2.05) is 0 Å². The number of H-pyrrole nitrogens is 1. The Morgan fingerprint density at radius 2 is 1.90 bits per heavy atom. The first-order chi connectivity index (χ1) is 9.97. The molecule has 1 heterocycles. The van der Waals surface area contributed by atoms with Crippen LogP contribution >= 0.6 is 23.2 Å². The van der Waals surface area contributed by atoms with Crippen molar-refractivity contribution in [3.63, 3.8) is 0 Å². The van der Waals surface area contributed by atoms with E-state index in [4.69, 9.17) is 23.2 Å². The van der Waals surface area contributed by atoms with Crippen LogP contribution in [0.2, 0.25) is 10.0 Å². The first kappa shape index (κ1) is 14.1. The number of carbonyl (C=O) groups is 1. The van der Waals surface area contributed by atoms with Crippen LogP contribution in [0.15, 0.2) is 36.5 Å². The van der Waals surface area contributed by atoms with Crippen molar-refractivity contribution in [3.8, 4) is 0 Å². The zero-order valence-corrected chi connectivity index (χ0v) is 12.5. The Labute approximate surface area is 130 Å². The molecule has 2 aromatic carbocycles. The summed E-state index contributed by atoms with van der Waals surface area (Å²) in [5, 5.41) is 1.46. The molecule has 2 nitrogen and oxygen atoms in total. The zero-order valence-electron chi connectivity index (χ0n) is 11.0. The SMILES string of the molecule is Cc1ccc(F)cc1C(=O)c1c[nH]c2cc(Cl)cc(Cl)c12. The summed E-state index contributed by atoms with van der Waals surface area (Å²) in [5.74, 6) is -0.722. The van der Waals surface area contributed by atoms with Gasteiger partial charge in [-0.05, 0) is 36.8 Å². The van der Waals surface area contributed by atoms with Gasteiger partial charge < -0.3 is 4.98 Å². The van der Waals surface area contributed by atoms with Gasteiger partial charge in [0, 0.05) is 33.2 Å². The van der Waals surface area contributed by atoms with E-state index in [0.717, 1.165) is 0 Å². The molecule has 0 aliphatic rings. The third-order valence-electron chi connectivity index (χ3n) is 3.39. The van der Waals surface area contributed by atoms with E-state index in [2.05, 4.69) is 4.98 Å². The number of aromatic nitrogens is 1. The Balaban J connectivity index is 2.21. The number of rotatable bonds is 2. The fourth-order valence-electron chi connectivity index (χ4n) is 2.35. The maximum atomic E-state index is 13.4. The molecule has 106 valence electrons. The molecule has 0 unspecified atom stereocenters. The lowest BCUT2D eigenvalue weighted by Gasteiger charge is -2.05. The minimum absolute atomic E-state index is 0.275. The summed E-state index contributed by atoms with van der Waals surface area (Å²) in [5.41, 5.74) is 2.10. The van der Waals surface area contributed by atoms with Crippen molar-refractivity contribution in [1.29, 1.82) is 0 Å². The van der Waals surface area contributed by atoms with Gasteiger partial charge in [0.15, 0.2) is 5.78 Å². The maximum absolute atomic E-state index is 13.4. The average molecular weight is 322 g/mol. The predicted molar refractivity (Wildman–Crippen MR) is 82.9 cm³/mol. The summed E-state index contributed by atoms with van der Waals surface area (Å²) < 4.78 is 13.4. The van der Waals surface area contributed by atoms with Gasteiger partial charge in [-0.1, -0.05) is 29.3 Å². The summed E-state index contributed by atoms with van der Waals surface area (Å²) in [6, 6.07) is 7.41. The molecule has 0 bridgehead atoms. The average Bonchev–Trinajstić information content (AvgIpc) is 2.84. The molecule has 0 saturated carbocycles. The van der Waals surface area contributed by atoms with Crippen LogP contribution < -0.4 is 0 Å². The smallest absolute Gasteiger partial charge is 0.195 e. The zero-order chi connectivity index (χ0) is 15.1. The second kappa shape index (κ2) is 5.17. The van der Waals surface area contributed by atoms with Crippen LogP contribution in [0.3, 0.4) is 0 Å². The van der Waals surface area contributed by atoms with E-state index in [-0.39, 0.29) is 5.78 Å². The van der Waals surface area contributed by atoms with Crippen molar-refractivity contribution in [3.05, 3.63) is 69.1 Å². The largest absolute Gasteiger partial charge is 0.360 e. The Morgan fingerprint density at radius 1 is 1.14 bits per heavy atom. The van der Waals surface area contributed by atoms with Gasteiger partial charge in [0.1, 0.15) is 5.82 Å². The highest BCUT2D eigenvalue weighted by molar-refractivity contribution is 6.40. The summed E-state index contributed by atoms with van der Waals surface area (Å²) >= 11 is 12.1. The van der Waals surface area contributed by atoms with Gasteiger partial charge in [-0.3, -0.25) is 4.79 Å². The highest BCUT2D eigenvalue weighted by Crippen LogP contribution is 2.31. The van der Waals surface area contributed by atoms with E-state index in [1.165, 1.54) is 12.1 Å². The standard InChI is InChI=1S/C16H10Cl2FNO/c1-8-2-3-10(19)6-11(8)16(21)12-7-20-14-5-9(17)4-13(18)15(12)14/h2-7,20H,1H3. The summed E-state index contributed by atoms with van der Waals surface area (Å²) in [7, 11) is 0. The van der Waals surface area contributed by atoms with E-state index >= 15 is 0 Å². The number of fused-ring (bicyclic) bond motifs is 1. The second-order valence-corrected chi connectivity index (χ2v) is 5.64. The minimum Gasteiger partial charge on any atom is -0.360 e. The maximum Gasteiger partial charge on any atom is 0.195 e. The Kier molecular flexibility index (Phi) is 3.47. The van der Waals surface area contributed by atoms with Crippen LogP contribution in [0.5, 0.6) is 0 Å². The molecule has 1 aromatic heterocycles. The second-order valence-electron chi connectivity index (χ2n) is 4.80. The summed E-state index contributed by atoms with van der Waals surface area (Å²) in [4.78, 5) is 15.6. The molecular weight excluding hydrogens is 312 g/mol. The van der Waals surface area contributed by atoms with Crippen molar-refractivity contribution in [2.75, 3.05) is 0 Å². The van der Waals surface area contributed by atoms with Crippen LogP contribution in [0.1, 0.15) is 21.5 Å². The number of hydrogen-bond donors (Lipinski definition) is 1. The molecule has 3 rings (SSSR count). The van der Waals surface area contributed by atoms with Crippen molar-refractivity contribution >= 4 is 39.9 Å². The van der Waals surface area contributed by atoms with Gasteiger partial charge in [0.2, 0.25) is 0 Å². The topological polar surface area (TPSA) is 32.9 Å². The normalized spacial score (nSPS) is 11.0. The van der Waals surface area contributed by atoms with Crippen LogP contribution in [-0.4, -0.2) is 10.8 Å². The van der Waals surface area contributed by atoms with Gasteiger partial charge in [-0.2, -0.15) is 0 Å². The minimum atomic E-state index is -0.446. The molecule has 5 heteroatoms. The number of carbonyl (C=O) groups excluding carboxylic acids is 1. The Hall–Kier alpha value is -1.84. The number of nitrogens with one attached hydrogen (secondary N) is 1. The molecular formula is C16H10Cl2FNO. The lowest BCUT2D eigenvalue weighted by molar-refractivity contribution is 0.103. The molecule has 0 spiro atoms. The number of aryl methyl sites for hydroxylation is 1. The summed E-state index contributed by atoms with van der Waals surface area (Å²) in [6.07, 6.45) is 1.57. The highest BCUT2D eigenvalue weighted by Gasteiger charge is 2.19. The quantitative estimate of drug-likeness (QED) is 0.650. The molecule has 21 heavy (non-hydrogen) atoms. The fraction of sp³-hybridized carbons (Fsp3) is 0.0625. The Bertz CT molecular complexity index is 870. The van der Waals surface area contributed by atoms with Gasteiger partial charge in [0.25, 0.3) is 0 Å². The van der Waals surface area contributed by atoms with Crippen LogP contribution in [0, 0.1) is 12.7 Å². The first-order valence-electron chi connectivity index (χ1n) is 6.24. The van der Waals surface area contributed by atoms with Crippen molar-refractivity contribution in [2.45, 2.75) is 6.92 Å². The van der Waals surface area contributed by atoms with E-state index in [1.54, 1.807) is 31.3 Å². The van der Waals surface area contributed by atoms with Crippen LogP contribution in [0.4, 0.5) is 4.39 Å². The fourth-order valence-corrected chi connectivity index (χ4v) is 2.94. The lowest BCUT2D eigenvalue weighted by Crippen LogP contribution is -2.03. The summed E-state index contributed by atoms with van der Waals surface area (Å²) in [6.45, 7) is 1.76. The third kappa shape index (κ3) is 2.43. The van der Waals surface area contributed by atoms with Gasteiger partial charge in [-0.25, -0.2) is 4.39 Å². The first-order valence-corrected chi connectivity index (χ1v) is 7.00. The third-order valence-corrected chi connectivity index (χ3v) is 3.90. The highest BCUT2D eigenvalue weighted by atomic mass is 35.5. The predicted octanol–water partition coefficient (Wildman–Crippen LogP) is 5.15. The van der Waals surface area contributed by atoms with Crippen LogP contribution in [0.25, 0.3) is 10.9 Å².